The number of cyclic esters (lactones) is 1. The summed E-state index contributed by atoms with van der Waals surface area (Å²) in [5.41, 5.74) is -7.63. The zero-order valence-corrected chi connectivity index (χ0v) is 10.5. The van der Waals surface area contributed by atoms with Gasteiger partial charge in [-0.05, 0) is 0 Å². The molecular weight excluding hydrogens is 382 g/mol. The summed E-state index contributed by atoms with van der Waals surface area (Å²) in [5, 5.41) is 0.281. The number of halogens is 12. The lowest BCUT2D eigenvalue weighted by Gasteiger charge is -2.30. The quantitative estimate of drug-likeness (QED) is 0.585. The third-order valence-corrected chi connectivity index (χ3v) is 2.62. The van der Waals surface area contributed by atoms with Crippen LogP contribution in [0.5, 0.6) is 0 Å². The van der Waals surface area contributed by atoms with E-state index < -0.39 is 54.1 Å². The van der Waals surface area contributed by atoms with E-state index in [1.807, 2.05) is 0 Å². The average molecular weight is 385 g/mol. The lowest BCUT2D eigenvalue weighted by Crippen LogP contribution is -2.56. The van der Waals surface area contributed by atoms with Gasteiger partial charge in [-0.1, -0.05) is 0 Å². The molecule has 140 valence electrons. The molecule has 1 aliphatic rings. The predicted octanol–water partition coefficient (Wildman–Crippen LogP) is 3.37. The zero-order chi connectivity index (χ0) is 19.4. The maximum atomic E-state index is 12.5. The molecule has 1 heterocycles. The van der Waals surface area contributed by atoms with Crippen LogP contribution in [-0.2, 0) is 9.53 Å². The van der Waals surface area contributed by atoms with Gasteiger partial charge in [0.05, 0.1) is 0 Å². The minimum Gasteiger partial charge on any atom is -0.430 e. The summed E-state index contributed by atoms with van der Waals surface area (Å²) in [6, 6.07) is -4.58. The third-order valence-electron chi connectivity index (χ3n) is 2.62. The van der Waals surface area contributed by atoms with Gasteiger partial charge in [0.15, 0.2) is 0 Å². The van der Waals surface area contributed by atoms with Crippen molar-refractivity contribution in [2.24, 2.45) is 0 Å². The number of hydrogen-bond donors (Lipinski definition) is 1. The standard InChI is InChI=1S/C9H3F12NO2/c10-6(11,12)4(7(13,14)15)22-2-1-5(8(16,17)18,9(19,20)21)24-3(2)23/h1,4,22H. The SMILES string of the molecule is O=C1OC(C(F)(F)F)(C(F)(F)F)C=C1NC(C(F)(F)F)C(F)(F)F. The van der Waals surface area contributed by atoms with Crippen LogP contribution >= 0.6 is 0 Å². The minimum absolute atomic E-state index is 0.281. The largest absolute Gasteiger partial charge is 0.441 e. The van der Waals surface area contributed by atoms with Gasteiger partial charge in [-0.2, -0.15) is 52.7 Å². The van der Waals surface area contributed by atoms with Gasteiger partial charge in [-0.15, -0.1) is 0 Å². The van der Waals surface area contributed by atoms with Crippen LogP contribution in [0.25, 0.3) is 0 Å². The molecule has 0 aromatic heterocycles. The highest BCUT2D eigenvalue weighted by molar-refractivity contribution is 5.91. The highest BCUT2D eigenvalue weighted by Crippen LogP contribution is 2.50. The maximum absolute atomic E-state index is 12.5. The molecule has 0 unspecified atom stereocenters. The van der Waals surface area contributed by atoms with E-state index in [4.69, 9.17) is 0 Å². The van der Waals surface area contributed by atoms with Crippen LogP contribution in [0.4, 0.5) is 52.7 Å². The fraction of sp³-hybridized carbons (Fsp3) is 0.667. The maximum Gasteiger partial charge on any atom is 0.441 e. The molecule has 0 atom stereocenters. The highest BCUT2D eigenvalue weighted by Gasteiger charge is 2.76. The van der Waals surface area contributed by atoms with Crippen molar-refractivity contribution >= 4 is 5.97 Å². The van der Waals surface area contributed by atoms with E-state index in [0.717, 1.165) is 0 Å². The number of rotatable bonds is 2. The fourth-order valence-corrected chi connectivity index (χ4v) is 1.54. The van der Waals surface area contributed by atoms with Crippen LogP contribution in [0, 0.1) is 0 Å². The Morgan fingerprint density at radius 2 is 1.21 bits per heavy atom. The van der Waals surface area contributed by atoms with Crippen molar-refractivity contribution in [2.45, 2.75) is 36.3 Å². The molecule has 0 spiro atoms. The zero-order valence-electron chi connectivity index (χ0n) is 10.5. The normalized spacial score (nSPS) is 19.4. The molecule has 0 aliphatic carbocycles. The van der Waals surface area contributed by atoms with Crippen molar-refractivity contribution in [1.29, 1.82) is 0 Å². The number of ether oxygens (including phenoxy) is 1. The summed E-state index contributed by atoms with van der Waals surface area (Å²) in [6.07, 6.45) is -26.3. The molecule has 1 rings (SSSR count). The summed E-state index contributed by atoms with van der Waals surface area (Å²) >= 11 is 0. The van der Waals surface area contributed by atoms with Crippen LogP contribution in [0.2, 0.25) is 0 Å². The molecule has 0 fully saturated rings. The monoisotopic (exact) mass is 385 g/mol. The van der Waals surface area contributed by atoms with E-state index in [0.29, 0.717) is 0 Å². The molecule has 0 bridgehead atoms. The second-order valence-corrected chi connectivity index (χ2v) is 4.34. The van der Waals surface area contributed by atoms with Crippen LogP contribution in [0.3, 0.4) is 0 Å². The molecule has 0 radical (unpaired) electrons. The molecule has 15 heteroatoms. The number of alkyl halides is 12. The van der Waals surface area contributed by atoms with Gasteiger partial charge < -0.3 is 10.1 Å². The molecule has 0 saturated carbocycles. The summed E-state index contributed by atoms with van der Waals surface area (Å²) in [7, 11) is 0. The second-order valence-electron chi connectivity index (χ2n) is 4.34. The number of carbonyl (C=O) groups excluding carboxylic acids is 1. The first-order chi connectivity index (χ1) is 10.3. The van der Waals surface area contributed by atoms with Crippen molar-refractivity contribution < 1.29 is 62.2 Å². The van der Waals surface area contributed by atoms with Crippen LogP contribution in [0.1, 0.15) is 0 Å². The number of esters is 1. The Labute approximate surface area is 123 Å². The first kappa shape index (κ1) is 20.2. The summed E-state index contributed by atoms with van der Waals surface area (Å²) in [6.45, 7) is 0. The van der Waals surface area contributed by atoms with Gasteiger partial charge in [0.1, 0.15) is 5.70 Å². The summed E-state index contributed by atoms with van der Waals surface area (Å²) in [4.78, 5) is 11.0. The van der Waals surface area contributed by atoms with E-state index in [2.05, 4.69) is 4.74 Å². The van der Waals surface area contributed by atoms with Crippen LogP contribution < -0.4 is 5.32 Å². The van der Waals surface area contributed by atoms with Crippen molar-refractivity contribution in [3.8, 4) is 0 Å². The Bertz CT molecular complexity index is 509. The topological polar surface area (TPSA) is 38.3 Å². The molecule has 1 aliphatic heterocycles. The number of nitrogens with one attached hydrogen (secondary N) is 1. The van der Waals surface area contributed by atoms with Crippen molar-refractivity contribution in [2.75, 3.05) is 0 Å². The van der Waals surface area contributed by atoms with Gasteiger partial charge in [0, 0.05) is 6.08 Å². The highest BCUT2D eigenvalue weighted by atomic mass is 19.4. The summed E-state index contributed by atoms with van der Waals surface area (Å²) < 4.78 is 152. The molecule has 0 aromatic carbocycles. The van der Waals surface area contributed by atoms with E-state index in [1.54, 1.807) is 0 Å². The van der Waals surface area contributed by atoms with E-state index in [9.17, 15) is 57.5 Å². The lowest BCUT2D eigenvalue weighted by atomic mass is 10.0. The molecular formula is C9H3F12NO2. The summed E-state index contributed by atoms with van der Waals surface area (Å²) in [5.74, 6) is -2.68. The first-order valence-electron chi connectivity index (χ1n) is 5.32. The molecule has 24 heavy (non-hydrogen) atoms. The van der Waals surface area contributed by atoms with Crippen LogP contribution in [-0.4, -0.2) is 42.3 Å². The van der Waals surface area contributed by atoms with E-state index in [-0.39, 0.29) is 5.32 Å². The second kappa shape index (κ2) is 5.34. The molecule has 0 amide bonds. The van der Waals surface area contributed by atoms with Crippen molar-refractivity contribution in [1.82, 2.24) is 5.32 Å². The van der Waals surface area contributed by atoms with Crippen molar-refractivity contribution in [3.05, 3.63) is 11.8 Å². The minimum atomic E-state index is -6.38. The van der Waals surface area contributed by atoms with E-state index >= 15 is 0 Å². The Hall–Kier alpha value is -1.83. The Morgan fingerprint density at radius 3 is 1.46 bits per heavy atom. The molecule has 0 saturated heterocycles. The smallest absolute Gasteiger partial charge is 0.430 e. The molecule has 1 N–H and O–H groups in total. The first-order valence-corrected chi connectivity index (χ1v) is 5.32. The fourth-order valence-electron chi connectivity index (χ4n) is 1.54. The Balaban J connectivity index is 3.37. The average Bonchev–Trinajstić information content (AvgIpc) is 2.60. The van der Waals surface area contributed by atoms with Crippen LogP contribution in [0.15, 0.2) is 11.8 Å². The lowest BCUT2D eigenvalue weighted by molar-refractivity contribution is -0.345. The number of hydrogen-bond acceptors (Lipinski definition) is 3. The van der Waals surface area contributed by atoms with Crippen molar-refractivity contribution in [3.63, 3.8) is 0 Å². The van der Waals surface area contributed by atoms with Gasteiger partial charge in [-0.3, -0.25) is 0 Å². The van der Waals surface area contributed by atoms with Gasteiger partial charge in [-0.25, -0.2) is 4.79 Å². The van der Waals surface area contributed by atoms with Gasteiger partial charge in [0.2, 0.25) is 6.04 Å². The number of carbonyl (C=O) groups is 1. The Morgan fingerprint density at radius 1 is 0.833 bits per heavy atom. The predicted molar refractivity (Wildman–Crippen MR) is 48.0 cm³/mol. The Kier molecular flexibility index (Phi) is 4.50. The van der Waals surface area contributed by atoms with E-state index in [1.165, 1.54) is 0 Å². The molecule has 0 aromatic rings. The van der Waals surface area contributed by atoms with Gasteiger partial charge in [0.25, 0.3) is 0 Å². The molecule has 3 nitrogen and oxygen atoms in total. The third kappa shape index (κ3) is 3.48. The van der Waals surface area contributed by atoms with Gasteiger partial charge >= 0.3 is 36.3 Å².